The van der Waals surface area contributed by atoms with Crippen LogP contribution >= 0.6 is 0 Å². The fourth-order valence-corrected chi connectivity index (χ4v) is 6.16. The van der Waals surface area contributed by atoms with Gasteiger partial charge in [0.15, 0.2) is 0 Å². The first-order chi connectivity index (χ1) is 16.7. The zero-order valence-corrected chi connectivity index (χ0v) is 20.3. The number of hydrogen-bond acceptors (Lipinski definition) is 6. The van der Waals surface area contributed by atoms with Crippen molar-refractivity contribution in [1.82, 2.24) is 19.3 Å². The van der Waals surface area contributed by atoms with Crippen LogP contribution in [0.5, 0.6) is 5.75 Å². The van der Waals surface area contributed by atoms with E-state index in [0.717, 1.165) is 27.5 Å². The quantitative estimate of drug-likeness (QED) is 0.606. The van der Waals surface area contributed by atoms with Crippen LogP contribution in [0.25, 0.3) is 0 Å². The van der Waals surface area contributed by atoms with Crippen molar-refractivity contribution in [1.29, 1.82) is 0 Å². The molecule has 2 fully saturated rings. The molecule has 2 aromatic rings. The Bertz CT molecular complexity index is 1230. The second-order valence-electron chi connectivity index (χ2n) is 9.97. The van der Waals surface area contributed by atoms with Crippen molar-refractivity contribution in [2.24, 2.45) is 11.3 Å². The average Bonchev–Trinajstić information content (AvgIpc) is 2.86. The number of carbonyl (C=O) groups excluding carboxylic acids is 3. The maximum absolute atomic E-state index is 13.7. The van der Waals surface area contributed by atoms with Gasteiger partial charge in [0.2, 0.25) is 11.8 Å². The number of amides is 4. The molecule has 2 saturated heterocycles. The van der Waals surface area contributed by atoms with E-state index in [2.05, 4.69) is 4.90 Å². The molecule has 2 bridgehead atoms. The monoisotopic (exact) mass is 478 g/mol. The van der Waals surface area contributed by atoms with E-state index in [1.54, 1.807) is 25.3 Å². The molecule has 4 amide bonds. The van der Waals surface area contributed by atoms with E-state index in [1.807, 2.05) is 28.8 Å². The highest BCUT2D eigenvalue weighted by atomic mass is 16.5. The Labute approximate surface area is 203 Å². The Balaban J connectivity index is 1.52. The van der Waals surface area contributed by atoms with E-state index < -0.39 is 23.3 Å². The van der Waals surface area contributed by atoms with E-state index in [1.165, 1.54) is 14.1 Å². The summed E-state index contributed by atoms with van der Waals surface area (Å²) in [5.41, 5.74) is 0.288. The summed E-state index contributed by atoms with van der Waals surface area (Å²) in [5, 5.41) is 0. The Morgan fingerprint density at radius 3 is 2.34 bits per heavy atom. The topological polar surface area (TPSA) is 92.2 Å². The van der Waals surface area contributed by atoms with Gasteiger partial charge in [-0.05, 0) is 30.0 Å². The van der Waals surface area contributed by atoms with Gasteiger partial charge in [0, 0.05) is 64.4 Å². The molecule has 9 heteroatoms. The number of hydrogen-bond donors (Lipinski definition) is 0. The Hall–Kier alpha value is -3.46. The summed E-state index contributed by atoms with van der Waals surface area (Å²) in [7, 11) is 4.42. The molecule has 0 N–H and O–H groups in total. The number of imide groups is 2. The lowest BCUT2D eigenvalue weighted by Gasteiger charge is -2.48. The molecule has 35 heavy (non-hydrogen) atoms. The smallest absolute Gasteiger partial charge is 0.332 e. The van der Waals surface area contributed by atoms with Gasteiger partial charge in [-0.1, -0.05) is 24.3 Å². The third kappa shape index (κ3) is 3.74. The Morgan fingerprint density at radius 2 is 1.63 bits per heavy atom. The maximum atomic E-state index is 13.7. The number of methoxy groups -OCH3 is 1. The summed E-state index contributed by atoms with van der Waals surface area (Å²) in [5.74, 6) is -0.00708. The zero-order chi connectivity index (χ0) is 24.9. The molecule has 9 nitrogen and oxygen atoms in total. The maximum Gasteiger partial charge on any atom is 0.332 e. The van der Waals surface area contributed by atoms with Crippen LogP contribution in [-0.4, -0.2) is 78.0 Å². The third-order valence-corrected chi connectivity index (χ3v) is 7.74. The SMILES string of the molecule is COc1ccccc1CC1(CN2C[C@H]3C[C@@H](C2)c2cccc(=O)n2C3)C(=O)N(C)C(=O)N(C)C1=O. The Kier molecular flexibility index (Phi) is 5.75. The third-order valence-electron chi connectivity index (χ3n) is 7.74. The summed E-state index contributed by atoms with van der Waals surface area (Å²) in [6.45, 7) is 2.12. The Morgan fingerprint density at radius 1 is 0.914 bits per heavy atom. The van der Waals surface area contributed by atoms with Crippen molar-refractivity contribution in [2.75, 3.05) is 40.8 Å². The van der Waals surface area contributed by atoms with Crippen molar-refractivity contribution in [2.45, 2.75) is 25.3 Å². The lowest BCUT2D eigenvalue weighted by Crippen LogP contribution is -2.67. The number of ether oxygens (including phenoxy) is 1. The first-order valence-corrected chi connectivity index (χ1v) is 11.9. The van der Waals surface area contributed by atoms with E-state index in [9.17, 15) is 19.2 Å². The number of piperidine rings is 1. The number of barbiturate groups is 1. The van der Waals surface area contributed by atoms with Crippen LogP contribution in [0.2, 0.25) is 0 Å². The van der Waals surface area contributed by atoms with Crippen LogP contribution in [0.1, 0.15) is 23.6 Å². The molecular weight excluding hydrogens is 448 g/mol. The molecule has 4 heterocycles. The van der Waals surface area contributed by atoms with Gasteiger partial charge in [0.05, 0.1) is 7.11 Å². The summed E-state index contributed by atoms with van der Waals surface area (Å²) in [6.07, 6.45) is 1.10. The molecule has 3 aliphatic rings. The van der Waals surface area contributed by atoms with Gasteiger partial charge in [-0.3, -0.25) is 24.2 Å². The molecule has 0 spiro atoms. The summed E-state index contributed by atoms with van der Waals surface area (Å²) in [4.78, 5) is 56.7. The van der Waals surface area contributed by atoms with Crippen LogP contribution in [-0.2, 0) is 22.6 Å². The number of benzene rings is 1. The van der Waals surface area contributed by atoms with E-state index >= 15 is 0 Å². The second-order valence-corrected chi connectivity index (χ2v) is 9.97. The number of aromatic nitrogens is 1. The standard InChI is InChI=1S/C26H30N4O5/c1-27-23(32)26(24(33)28(2)25(27)34,12-18-7-4-5-9-21(18)35-3)16-29-13-17-11-19(15-29)20-8-6-10-22(31)30(20)14-17/h4-10,17,19H,11-16H2,1-3H3/t17-,19+/m1/s1. The number of urea groups is 1. The lowest BCUT2D eigenvalue weighted by molar-refractivity contribution is -0.159. The van der Waals surface area contributed by atoms with Gasteiger partial charge in [0.25, 0.3) is 5.56 Å². The van der Waals surface area contributed by atoms with E-state index in [4.69, 9.17) is 4.74 Å². The normalized spacial score (nSPS) is 23.9. The largest absolute Gasteiger partial charge is 0.496 e. The minimum Gasteiger partial charge on any atom is -0.496 e. The minimum atomic E-state index is -1.46. The number of nitrogens with zero attached hydrogens (tertiary/aromatic N) is 4. The van der Waals surface area contributed by atoms with Crippen LogP contribution < -0.4 is 10.3 Å². The van der Waals surface area contributed by atoms with Gasteiger partial charge in [-0.25, -0.2) is 4.79 Å². The van der Waals surface area contributed by atoms with Gasteiger partial charge in [-0.2, -0.15) is 0 Å². The predicted octanol–water partition coefficient (Wildman–Crippen LogP) is 1.56. The average molecular weight is 479 g/mol. The highest BCUT2D eigenvalue weighted by Crippen LogP contribution is 2.40. The number of fused-ring (bicyclic) bond motifs is 4. The lowest BCUT2D eigenvalue weighted by atomic mass is 9.75. The molecule has 0 saturated carbocycles. The fraction of sp³-hybridized carbons (Fsp3) is 0.462. The number of rotatable bonds is 5. The number of pyridine rings is 1. The van der Waals surface area contributed by atoms with Crippen molar-refractivity contribution in [3.8, 4) is 5.75 Å². The first-order valence-electron chi connectivity index (χ1n) is 11.9. The van der Waals surface area contributed by atoms with Gasteiger partial charge < -0.3 is 14.2 Å². The van der Waals surface area contributed by atoms with E-state index in [0.29, 0.717) is 25.4 Å². The summed E-state index contributed by atoms with van der Waals surface area (Å²) < 4.78 is 7.37. The van der Waals surface area contributed by atoms with Gasteiger partial charge in [0.1, 0.15) is 11.2 Å². The number of para-hydroxylation sites is 1. The highest BCUT2D eigenvalue weighted by Gasteiger charge is 2.57. The molecule has 0 aliphatic carbocycles. The highest BCUT2D eigenvalue weighted by molar-refractivity contribution is 6.19. The number of likely N-dealkylation sites (tertiary alicyclic amines) is 1. The molecule has 0 radical (unpaired) electrons. The predicted molar refractivity (Wildman–Crippen MR) is 128 cm³/mol. The van der Waals surface area contributed by atoms with Crippen molar-refractivity contribution in [3.05, 3.63) is 64.1 Å². The summed E-state index contributed by atoms with van der Waals surface area (Å²) in [6, 6.07) is 12.1. The molecule has 1 aromatic heterocycles. The molecule has 1 aromatic carbocycles. The van der Waals surface area contributed by atoms with E-state index in [-0.39, 0.29) is 30.4 Å². The van der Waals surface area contributed by atoms with Crippen molar-refractivity contribution < 1.29 is 19.1 Å². The second kappa shape index (κ2) is 8.64. The molecule has 184 valence electrons. The molecule has 5 rings (SSSR count). The molecule has 0 unspecified atom stereocenters. The zero-order valence-electron chi connectivity index (χ0n) is 20.3. The fourth-order valence-electron chi connectivity index (χ4n) is 6.16. The first kappa shape index (κ1) is 23.3. The van der Waals surface area contributed by atoms with Gasteiger partial charge in [-0.15, -0.1) is 0 Å². The number of carbonyl (C=O) groups is 3. The summed E-state index contributed by atoms with van der Waals surface area (Å²) >= 11 is 0. The van der Waals surface area contributed by atoms with Crippen LogP contribution in [0.4, 0.5) is 4.79 Å². The van der Waals surface area contributed by atoms with Gasteiger partial charge >= 0.3 is 6.03 Å². The van der Waals surface area contributed by atoms with Crippen molar-refractivity contribution in [3.63, 3.8) is 0 Å². The molecule has 3 aliphatic heterocycles. The molecular formula is C26H30N4O5. The van der Waals surface area contributed by atoms with Crippen molar-refractivity contribution >= 4 is 17.8 Å². The molecule has 2 atom stereocenters. The van der Waals surface area contributed by atoms with Crippen LogP contribution in [0.15, 0.2) is 47.3 Å². The van der Waals surface area contributed by atoms with Crippen LogP contribution in [0, 0.1) is 11.3 Å². The van der Waals surface area contributed by atoms with Crippen LogP contribution in [0.3, 0.4) is 0 Å². The minimum absolute atomic E-state index is 0.0118.